The molecular weight excluding hydrogens is 502 g/mol. The van der Waals surface area contributed by atoms with E-state index in [0.29, 0.717) is 6.61 Å². The van der Waals surface area contributed by atoms with Crippen molar-refractivity contribution in [1.82, 2.24) is 4.98 Å². The molecule has 2 aromatic heterocycles. The lowest BCUT2D eigenvalue weighted by Crippen LogP contribution is -2.68. The van der Waals surface area contributed by atoms with Crippen LogP contribution in [0.4, 0.5) is 5.69 Å². The molecule has 0 unspecified atom stereocenters. The average Bonchev–Trinajstić information content (AvgIpc) is 3.28. The van der Waals surface area contributed by atoms with Gasteiger partial charge in [0.25, 0.3) is 0 Å². The first-order chi connectivity index (χ1) is 16.1. The summed E-state index contributed by atoms with van der Waals surface area (Å²) in [5, 5.41) is 10.1. The summed E-state index contributed by atoms with van der Waals surface area (Å²) in [4.78, 5) is 9.34. The molecule has 4 aromatic rings. The van der Waals surface area contributed by atoms with Gasteiger partial charge in [0.05, 0.1) is 22.0 Å². The van der Waals surface area contributed by atoms with E-state index in [2.05, 4.69) is 65.7 Å². The number of hydrogen-bond acceptors (Lipinski definition) is 10. The Balaban J connectivity index is 0.000000499. The van der Waals surface area contributed by atoms with Crippen LogP contribution in [0.25, 0.3) is 21.3 Å². The van der Waals surface area contributed by atoms with E-state index in [1.54, 1.807) is 23.1 Å². The minimum atomic E-state index is -4.94. The van der Waals surface area contributed by atoms with E-state index in [9.17, 15) is 0 Å². The van der Waals surface area contributed by atoms with Gasteiger partial charge >= 0.3 is 4.96 Å². The molecular formula is C22H20ClN3O6S2. The number of hydrogen-bond donors (Lipinski definition) is 1. The lowest BCUT2D eigenvalue weighted by molar-refractivity contribution is -2.00. The van der Waals surface area contributed by atoms with Gasteiger partial charge < -0.3 is 14.7 Å². The molecule has 9 nitrogen and oxygen atoms in total. The molecule has 5 rings (SSSR count). The fourth-order valence-electron chi connectivity index (χ4n) is 3.54. The fourth-order valence-corrected chi connectivity index (χ4v) is 5.76. The summed E-state index contributed by atoms with van der Waals surface area (Å²) in [6.45, 7) is 2.42. The number of nitrogens with zero attached hydrogens (tertiary/aromatic N) is 3. The number of rotatable bonds is 4. The summed E-state index contributed by atoms with van der Waals surface area (Å²) in [6, 6.07) is 16.6. The first-order valence-corrected chi connectivity index (χ1v) is 12.8. The van der Waals surface area contributed by atoms with E-state index < -0.39 is 10.2 Å². The van der Waals surface area contributed by atoms with Gasteiger partial charge in [-0.1, -0.05) is 23.9 Å². The minimum Gasteiger partial charge on any atom is -0.491 e. The topological polar surface area (TPSA) is 142 Å². The van der Waals surface area contributed by atoms with E-state index in [-0.39, 0.29) is 6.61 Å². The number of thioether (sulfide) groups is 1. The van der Waals surface area contributed by atoms with Crippen LogP contribution >= 0.6 is 23.1 Å². The Hall–Kier alpha value is -2.48. The molecule has 0 fully saturated rings. The van der Waals surface area contributed by atoms with Crippen molar-refractivity contribution in [1.29, 1.82) is 0 Å². The van der Waals surface area contributed by atoms with Crippen LogP contribution < -0.4 is 32.7 Å². The normalized spacial score (nSPS) is 14.4. The van der Waals surface area contributed by atoms with Crippen molar-refractivity contribution in [3.8, 4) is 5.75 Å². The Labute approximate surface area is 205 Å². The van der Waals surface area contributed by atoms with Crippen LogP contribution in [0, 0.1) is 17.2 Å². The third-order valence-electron chi connectivity index (χ3n) is 4.90. The number of aliphatic hydroxyl groups excluding tert-OH is 1. The number of aromatic nitrogens is 2. The lowest BCUT2D eigenvalue weighted by atomic mass is 10.3. The van der Waals surface area contributed by atoms with Crippen molar-refractivity contribution in [3.05, 3.63) is 64.9 Å². The fraction of sp³-hybridized carbons (Fsp3) is 0.182. The number of benzene rings is 2. The molecule has 0 atom stereocenters. The third kappa shape index (κ3) is 5.59. The standard InChI is InChI=1S/C22H20N3O2S2.ClHO4/c1-14-11-15(12-21-24(2)17-5-3-4-6-19(17)28-21)23-22-25(14)18-8-7-16(27-10-9-26)13-20(18)29-22;2-1(3,4)5/h3-8,11-13,26H,9-10H2,1-2H3;(H,2,3,4,5)/q+1;/p-1. The van der Waals surface area contributed by atoms with Gasteiger partial charge in [-0.05, 0) is 47.5 Å². The zero-order valence-electron chi connectivity index (χ0n) is 18.1. The van der Waals surface area contributed by atoms with Gasteiger partial charge in [-0.3, -0.25) is 0 Å². The molecule has 1 aliphatic heterocycles. The first-order valence-electron chi connectivity index (χ1n) is 9.98. The van der Waals surface area contributed by atoms with Crippen molar-refractivity contribution >= 4 is 50.0 Å². The second kappa shape index (κ2) is 10.0. The van der Waals surface area contributed by atoms with Gasteiger partial charge in [0, 0.05) is 30.2 Å². The molecule has 178 valence electrons. The molecule has 0 aliphatic carbocycles. The predicted octanol–water partition coefficient (Wildman–Crippen LogP) is -0.501. The van der Waals surface area contributed by atoms with Crippen LogP contribution in [-0.2, 0) is 0 Å². The Kier molecular flexibility index (Phi) is 7.26. The van der Waals surface area contributed by atoms with Gasteiger partial charge in [0.15, 0.2) is 11.2 Å². The van der Waals surface area contributed by atoms with Gasteiger partial charge in [0.1, 0.15) is 18.1 Å². The molecule has 0 saturated heterocycles. The second-order valence-electron chi connectivity index (χ2n) is 7.23. The quantitative estimate of drug-likeness (QED) is 0.351. The summed E-state index contributed by atoms with van der Waals surface area (Å²) in [7, 11) is -2.85. The van der Waals surface area contributed by atoms with Crippen LogP contribution in [-0.4, -0.2) is 30.4 Å². The number of thiazole rings is 1. The smallest absolute Gasteiger partial charge is 0.388 e. The molecule has 1 N–H and O–H groups in total. The second-order valence-corrected chi connectivity index (χ2v) is 10.1. The first kappa shape index (κ1) is 24.6. The summed E-state index contributed by atoms with van der Waals surface area (Å²) < 4.78 is 42.8. The largest absolute Gasteiger partial charge is 0.491 e. The van der Waals surface area contributed by atoms with Crippen LogP contribution in [0.1, 0.15) is 11.4 Å². The molecule has 12 heteroatoms. The Morgan fingerprint density at radius 1 is 1.15 bits per heavy atom. The van der Waals surface area contributed by atoms with Gasteiger partial charge in [-0.2, -0.15) is 4.40 Å². The van der Waals surface area contributed by atoms with Gasteiger partial charge in [-0.15, -0.1) is 10.2 Å². The van der Waals surface area contributed by atoms with Crippen molar-refractivity contribution < 1.29 is 43.1 Å². The lowest BCUT2D eigenvalue weighted by Gasteiger charge is -2.17. The van der Waals surface area contributed by atoms with Crippen LogP contribution in [0.15, 0.2) is 58.5 Å². The highest BCUT2D eigenvalue weighted by atomic mass is 35.7. The minimum absolute atomic E-state index is 0.00816. The van der Waals surface area contributed by atoms with E-state index in [1.807, 2.05) is 12.1 Å². The Bertz CT molecular complexity index is 1370. The predicted molar refractivity (Wildman–Crippen MR) is 119 cm³/mol. The molecule has 0 radical (unpaired) electrons. The molecule has 2 aromatic carbocycles. The number of ether oxygens (including phenoxy) is 1. The molecule has 0 saturated carbocycles. The van der Waals surface area contributed by atoms with Crippen molar-refractivity contribution in [3.63, 3.8) is 0 Å². The van der Waals surface area contributed by atoms with Crippen LogP contribution in [0.3, 0.4) is 0 Å². The molecule has 0 spiro atoms. The summed E-state index contributed by atoms with van der Waals surface area (Å²) in [5.41, 5.74) is 4.44. The maximum atomic E-state index is 8.97. The number of para-hydroxylation sites is 1. The highest BCUT2D eigenvalue weighted by Crippen LogP contribution is 2.45. The van der Waals surface area contributed by atoms with Gasteiger partial charge in [-0.25, -0.2) is 18.6 Å². The van der Waals surface area contributed by atoms with Gasteiger partial charge in [0.2, 0.25) is 0 Å². The SMILES string of the molecule is Cc1cc(/C=C2\Sc3ccccc3N2C)nc2sc3cc(OCCO)ccc3[n+]12.[O-][Cl+3]([O-])([O-])[O-]. The molecule has 1 aliphatic rings. The van der Waals surface area contributed by atoms with Crippen molar-refractivity contribution in [2.45, 2.75) is 11.8 Å². The summed E-state index contributed by atoms with van der Waals surface area (Å²) in [6.07, 6.45) is 2.15. The number of anilines is 1. The monoisotopic (exact) mass is 521 g/mol. The third-order valence-corrected chi connectivity index (χ3v) is 7.07. The van der Waals surface area contributed by atoms with Crippen LogP contribution in [0.2, 0.25) is 0 Å². The maximum absolute atomic E-state index is 8.97. The maximum Gasteiger partial charge on any atom is 0.388 e. The van der Waals surface area contributed by atoms with E-state index in [1.165, 1.54) is 15.6 Å². The van der Waals surface area contributed by atoms with E-state index in [0.717, 1.165) is 32.3 Å². The van der Waals surface area contributed by atoms with Crippen molar-refractivity contribution in [2.24, 2.45) is 0 Å². The molecule has 0 amide bonds. The highest BCUT2D eigenvalue weighted by molar-refractivity contribution is 8.03. The Morgan fingerprint density at radius 3 is 2.59 bits per heavy atom. The summed E-state index contributed by atoms with van der Waals surface area (Å²) >= 11 is 3.41. The molecule has 34 heavy (non-hydrogen) atoms. The van der Waals surface area contributed by atoms with E-state index in [4.69, 9.17) is 33.5 Å². The highest BCUT2D eigenvalue weighted by Gasteiger charge is 2.23. The number of aliphatic hydroxyl groups is 1. The van der Waals surface area contributed by atoms with E-state index >= 15 is 0 Å². The van der Waals surface area contributed by atoms with Crippen LogP contribution in [0.5, 0.6) is 5.75 Å². The summed E-state index contributed by atoms with van der Waals surface area (Å²) in [5.74, 6) is 0.764. The number of halogens is 1. The molecule has 3 heterocycles. The zero-order valence-corrected chi connectivity index (χ0v) is 20.5. The Morgan fingerprint density at radius 2 is 1.88 bits per heavy atom. The average molecular weight is 522 g/mol. The number of aryl methyl sites for hydroxylation is 1. The molecule has 0 bridgehead atoms. The van der Waals surface area contributed by atoms with Crippen molar-refractivity contribution in [2.75, 3.05) is 25.2 Å². The number of fused-ring (bicyclic) bond motifs is 4. The zero-order chi connectivity index (χ0) is 24.5.